The Labute approximate surface area is 159 Å². The number of hydrogen-bond donors (Lipinski definition) is 1. The maximum absolute atomic E-state index is 12.7. The Morgan fingerprint density at radius 3 is 2.56 bits per heavy atom. The van der Waals surface area contributed by atoms with Crippen LogP contribution in [-0.2, 0) is 4.79 Å². The zero-order valence-corrected chi connectivity index (χ0v) is 15.8. The van der Waals surface area contributed by atoms with Gasteiger partial charge in [-0.15, -0.1) is 0 Å². The topological polar surface area (TPSA) is 83.4 Å². The molecular formula is C19H26N6O2. The number of carbonyl (C=O) groups is 2. The van der Waals surface area contributed by atoms with Gasteiger partial charge in [0.1, 0.15) is 0 Å². The van der Waals surface area contributed by atoms with Crippen LogP contribution in [0, 0.1) is 5.92 Å². The first-order valence-corrected chi connectivity index (χ1v) is 9.43. The summed E-state index contributed by atoms with van der Waals surface area (Å²) in [6, 6.07) is 5.48. The first-order valence-electron chi connectivity index (χ1n) is 9.43. The molecule has 0 unspecified atom stereocenters. The number of piperidine rings is 1. The molecule has 1 N–H and O–H groups in total. The smallest absolute Gasteiger partial charge is 0.319 e. The number of nitrogens with zero attached hydrogens (tertiary/aromatic N) is 5. The molecule has 0 bridgehead atoms. The summed E-state index contributed by atoms with van der Waals surface area (Å²) in [6.45, 7) is 6.57. The number of carbonyl (C=O) groups excluding carboxylic acids is 2. The minimum Gasteiger partial charge on any atom is -0.325 e. The van der Waals surface area contributed by atoms with Gasteiger partial charge in [0.05, 0.1) is 5.69 Å². The van der Waals surface area contributed by atoms with Gasteiger partial charge in [-0.2, -0.15) is 5.10 Å². The molecule has 0 saturated carbocycles. The lowest BCUT2D eigenvalue weighted by molar-refractivity contribution is -0.121. The fraction of sp³-hybridized carbons (Fsp3) is 0.474. The molecule has 8 heteroatoms. The van der Waals surface area contributed by atoms with Crippen LogP contribution in [0.2, 0.25) is 0 Å². The average molecular weight is 370 g/mol. The Bertz CT molecular complexity index is 764. The SMILES string of the molecule is CCN(CC)C(=O)N1CCC(C(=O)Nc2cccnc2-n2cccn2)CC1. The summed E-state index contributed by atoms with van der Waals surface area (Å²) in [5.41, 5.74) is 0.632. The number of pyridine rings is 1. The summed E-state index contributed by atoms with van der Waals surface area (Å²) < 4.78 is 1.63. The number of nitrogens with one attached hydrogen (secondary N) is 1. The lowest BCUT2D eigenvalue weighted by Gasteiger charge is -2.34. The Balaban J connectivity index is 1.60. The highest BCUT2D eigenvalue weighted by Crippen LogP contribution is 2.22. The van der Waals surface area contributed by atoms with Crippen LogP contribution >= 0.6 is 0 Å². The van der Waals surface area contributed by atoms with Crippen molar-refractivity contribution in [2.45, 2.75) is 26.7 Å². The summed E-state index contributed by atoms with van der Waals surface area (Å²) in [5.74, 6) is 0.438. The molecule has 2 aromatic heterocycles. The fourth-order valence-electron chi connectivity index (χ4n) is 3.33. The minimum atomic E-state index is -0.114. The van der Waals surface area contributed by atoms with Crippen LogP contribution in [-0.4, -0.2) is 62.7 Å². The van der Waals surface area contributed by atoms with Crippen molar-refractivity contribution in [1.29, 1.82) is 0 Å². The van der Waals surface area contributed by atoms with Gasteiger partial charge in [0, 0.05) is 50.7 Å². The van der Waals surface area contributed by atoms with Crippen molar-refractivity contribution in [2.24, 2.45) is 5.92 Å². The number of likely N-dealkylation sites (tertiary alicyclic amines) is 1. The molecule has 1 aliphatic heterocycles. The normalized spacial score (nSPS) is 14.8. The summed E-state index contributed by atoms with van der Waals surface area (Å²) in [5, 5.41) is 7.16. The van der Waals surface area contributed by atoms with Gasteiger partial charge in [-0.25, -0.2) is 14.5 Å². The zero-order chi connectivity index (χ0) is 19.2. The van der Waals surface area contributed by atoms with E-state index in [9.17, 15) is 9.59 Å². The lowest BCUT2D eigenvalue weighted by atomic mass is 9.96. The molecule has 1 aliphatic rings. The second kappa shape index (κ2) is 8.66. The molecule has 144 valence electrons. The third kappa shape index (κ3) is 4.27. The molecule has 27 heavy (non-hydrogen) atoms. The Morgan fingerprint density at radius 1 is 1.19 bits per heavy atom. The van der Waals surface area contributed by atoms with E-state index in [1.165, 1.54) is 0 Å². The van der Waals surface area contributed by atoms with E-state index in [0.29, 0.717) is 50.5 Å². The van der Waals surface area contributed by atoms with Crippen molar-refractivity contribution in [3.05, 3.63) is 36.8 Å². The van der Waals surface area contributed by atoms with Gasteiger partial charge >= 0.3 is 6.03 Å². The quantitative estimate of drug-likeness (QED) is 0.876. The van der Waals surface area contributed by atoms with Crippen molar-refractivity contribution >= 4 is 17.6 Å². The minimum absolute atomic E-state index is 0.0358. The van der Waals surface area contributed by atoms with E-state index in [-0.39, 0.29) is 17.9 Å². The zero-order valence-electron chi connectivity index (χ0n) is 15.8. The monoisotopic (exact) mass is 370 g/mol. The van der Waals surface area contributed by atoms with Gasteiger partial charge in [0.2, 0.25) is 5.91 Å². The number of hydrogen-bond acceptors (Lipinski definition) is 4. The van der Waals surface area contributed by atoms with E-state index >= 15 is 0 Å². The van der Waals surface area contributed by atoms with Gasteiger partial charge in [-0.3, -0.25) is 4.79 Å². The number of aromatic nitrogens is 3. The number of rotatable bonds is 5. The van der Waals surface area contributed by atoms with Crippen molar-refractivity contribution in [2.75, 3.05) is 31.5 Å². The summed E-state index contributed by atoms with van der Waals surface area (Å²) in [4.78, 5) is 33.1. The van der Waals surface area contributed by atoms with Gasteiger partial charge in [0.25, 0.3) is 0 Å². The highest BCUT2D eigenvalue weighted by molar-refractivity contribution is 5.94. The van der Waals surface area contributed by atoms with Gasteiger partial charge < -0.3 is 15.1 Å². The van der Waals surface area contributed by atoms with E-state index in [2.05, 4.69) is 15.4 Å². The Kier molecular flexibility index (Phi) is 6.05. The van der Waals surface area contributed by atoms with E-state index in [4.69, 9.17) is 0 Å². The van der Waals surface area contributed by atoms with Crippen molar-refractivity contribution < 1.29 is 9.59 Å². The third-order valence-corrected chi connectivity index (χ3v) is 4.94. The average Bonchev–Trinajstić information content (AvgIpc) is 3.24. The van der Waals surface area contributed by atoms with E-state index in [1.807, 2.05) is 35.8 Å². The van der Waals surface area contributed by atoms with Crippen molar-refractivity contribution in [3.63, 3.8) is 0 Å². The molecule has 0 atom stereocenters. The maximum atomic E-state index is 12.7. The van der Waals surface area contributed by atoms with Crippen LogP contribution in [0.5, 0.6) is 0 Å². The second-order valence-corrected chi connectivity index (χ2v) is 6.53. The third-order valence-electron chi connectivity index (χ3n) is 4.94. The molecular weight excluding hydrogens is 344 g/mol. The molecule has 0 radical (unpaired) electrons. The first-order chi connectivity index (χ1) is 13.1. The van der Waals surface area contributed by atoms with Crippen LogP contribution in [0.15, 0.2) is 36.8 Å². The van der Waals surface area contributed by atoms with E-state index in [0.717, 1.165) is 0 Å². The number of urea groups is 1. The Hall–Kier alpha value is -2.90. The molecule has 1 saturated heterocycles. The number of amides is 3. The van der Waals surface area contributed by atoms with Crippen LogP contribution in [0.3, 0.4) is 0 Å². The van der Waals surface area contributed by atoms with Crippen LogP contribution in [0.4, 0.5) is 10.5 Å². The molecule has 3 rings (SSSR count). The predicted octanol–water partition coefficient (Wildman–Crippen LogP) is 2.38. The van der Waals surface area contributed by atoms with Gasteiger partial charge in [0.15, 0.2) is 5.82 Å². The second-order valence-electron chi connectivity index (χ2n) is 6.53. The van der Waals surface area contributed by atoms with Crippen molar-refractivity contribution in [3.8, 4) is 5.82 Å². The predicted molar refractivity (Wildman–Crippen MR) is 103 cm³/mol. The van der Waals surface area contributed by atoms with Crippen LogP contribution in [0.25, 0.3) is 5.82 Å². The summed E-state index contributed by atoms with van der Waals surface area (Å²) in [7, 11) is 0. The fourth-order valence-corrected chi connectivity index (χ4v) is 3.33. The molecule has 1 fully saturated rings. The van der Waals surface area contributed by atoms with Crippen molar-refractivity contribution in [1.82, 2.24) is 24.6 Å². The van der Waals surface area contributed by atoms with E-state index in [1.54, 1.807) is 29.3 Å². The molecule has 0 aromatic carbocycles. The molecule has 0 spiro atoms. The van der Waals surface area contributed by atoms with Gasteiger partial charge in [-0.1, -0.05) is 0 Å². The van der Waals surface area contributed by atoms with Crippen LogP contribution < -0.4 is 5.32 Å². The molecule has 8 nitrogen and oxygen atoms in total. The van der Waals surface area contributed by atoms with Crippen LogP contribution in [0.1, 0.15) is 26.7 Å². The Morgan fingerprint density at radius 2 is 1.93 bits per heavy atom. The largest absolute Gasteiger partial charge is 0.325 e. The standard InChI is InChI=1S/C19H26N6O2/c1-3-23(4-2)19(27)24-13-8-15(9-14-24)18(26)22-16-7-5-10-20-17(16)25-12-6-11-21-25/h5-7,10-12,15H,3-4,8-9,13-14H2,1-2H3,(H,22,26). The first kappa shape index (κ1) is 18.9. The highest BCUT2D eigenvalue weighted by Gasteiger charge is 2.29. The molecule has 2 aromatic rings. The molecule has 3 heterocycles. The van der Waals surface area contributed by atoms with Gasteiger partial charge in [-0.05, 0) is 44.9 Å². The molecule has 0 aliphatic carbocycles. The van der Waals surface area contributed by atoms with E-state index < -0.39 is 0 Å². The number of anilines is 1. The lowest BCUT2D eigenvalue weighted by Crippen LogP contribution is -2.47. The summed E-state index contributed by atoms with van der Waals surface area (Å²) in [6.07, 6.45) is 6.45. The summed E-state index contributed by atoms with van der Waals surface area (Å²) >= 11 is 0. The highest BCUT2D eigenvalue weighted by atomic mass is 16.2. The maximum Gasteiger partial charge on any atom is 0.319 e. The molecule has 3 amide bonds.